The Hall–Kier alpha value is -0.910. The molecule has 1 N–H and O–H groups in total. The number of nitrogens with zero attached hydrogens (tertiary/aromatic N) is 2. The Morgan fingerprint density at radius 2 is 1.95 bits per heavy atom. The Labute approximate surface area is 121 Å². The molecular weight excluding hydrogens is 274 g/mol. The third-order valence-corrected chi connectivity index (χ3v) is 5.15. The van der Waals surface area contributed by atoms with Crippen LogP contribution in [0.5, 0.6) is 0 Å². The van der Waals surface area contributed by atoms with E-state index in [9.17, 15) is 0 Å². The molecule has 3 nitrogen and oxygen atoms in total. The number of rotatable bonds is 7. The molecule has 1 aromatic carbocycles. The minimum atomic E-state index is 0.779. The summed E-state index contributed by atoms with van der Waals surface area (Å²) in [5.74, 6) is 0.914. The molecule has 0 bridgehead atoms. The third-order valence-electron chi connectivity index (χ3n) is 2.96. The molecule has 0 spiro atoms. The summed E-state index contributed by atoms with van der Waals surface area (Å²) in [6.45, 7) is 1.03. The van der Waals surface area contributed by atoms with E-state index in [0.29, 0.717) is 0 Å². The van der Waals surface area contributed by atoms with Gasteiger partial charge in [0.25, 0.3) is 0 Å². The van der Waals surface area contributed by atoms with Crippen LogP contribution in [-0.4, -0.2) is 22.8 Å². The molecule has 3 rings (SSSR count). The first-order valence-corrected chi connectivity index (χ1v) is 8.43. The van der Waals surface area contributed by atoms with Crippen molar-refractivity contribution in [1.29, 1.82) is 0 Å². The fourth-order valence-corrected chi connectivity index (χ4v) is 3.53. The van der Waals surface area contributed by atoms with E-state index in [1.807, 2.05) is 17.8 Å². The van der Waals surface area contributed by atoms with Crippen LogP contribution in [0.15, 0.2) is 35.2 Å². The molecule has 1 saturated carbocycles. The van der Waals surface area contributed by atoms with Crippen molar-refractivity contribution in [3.05, 3.63) is 40.3 Å². The largest absolute Gasteiger partial charge is 0.314 e. The molecule has 1 aliphatic rings. The molecule has 0 amide bonds. The second-order valence-electron chi connectivity index (χ2n) is 4.67. The SMILES string of the molecule is c1ccc(SCc2nnc(CCNC3CC3)s2)cc1. The van der Waals surface area contributed by atoms with Crippen LogP contribution < -0.4 is 5.32 Å². The van der Waals surface area contributed by atoms with Gasteiger partial charge >= 0.3 is 0 Å². The zero-order chi connectivity index (χ0) is 12.9. The van der Waals surface area contributed by atoms with Crippen molar-refractivity contribution in [2.75, 3.05) is 6.54 Å². The van der Waals surface area contributed by atoms with E-state index in [1.54, 1.807) is 11.3 Å². The maximum Gasteiger partial charge on any atom is 0.127 e. The van der Waals surface area contributed by atoms with Crippen LogP contribution in [0.25, 0.3) is 0 Å². The Kier molecular flexibility index (Phi) is 4.48. The second-order valence-corrected chi connectivity index (χ2v) is 6.87. The third kappa shape index (κ3) is 4.30. The topological polar surface area (TPSA) is 37.8 Å². The van der Waals surface area contributed by atoms with Crippen LogP contribution in [0.1, 0.15) is 22.9 Å². The van der Waals surface area contributed by atoms with E-state index in [0.717, 1.165) is 34.8 Å². The minimum absolute atomic E-state index is 0.779. The molecule has 100 valence electrons. The summed E-state index contributed by atoms with van der Waals surface area (Å²) >= 11 is 3.56. The van der Waals surface area contributed by atoms with E-state index in [2.05, 4.69) is 39.8 Å². The quantitative estimate of drug-likeness (QED) is 0.795. The van der Waals surface area contributed by atoms with Gasteiger partial charge in [0.2, 0.25) is 0 Å². The molecule has 0 atom stereocenters. The number of benzene rings is 1. The highest BCUT2D eigenvalue weighted by Crippen LogP contribution is 2.24. The maximum absolute atomic E-state index is 4.26. The van der Waals surface area contributed by atoms with Gasteiger partial charge in [-0.15, -0.1) is 33.3 Å². The van der Waals surface area contributed by atoms with E-state index in [4.69, 9.17) is 0 Å². The summed E-state index contributed by atoms with van der Waals surface area (Å²) in [6.07, 6.45) is 3.69. The standard InChI is InChI=1S/C14H17N3S2/c1-2-4-12(5-3-1)18-10-14-17-16-13(19-14)8-9-15-11-6-7-11/h1-5,11,15H,6-10H2. The highest BCUT2D eigenvalue weighted by Gasteiger charge is 2.19. The summed E-state index contributed by atoms with van der Waals surface area (Å²) in [7, 11) is 0. The van der Waals surface area contributed by atoms with E-state index in [-0.39, 0.29) is 0 Å². The number of aromatic nitrogens is 2. The van der Waals surface area contributed by atoms with Gasteiger partial charge in [-0.1, -0.05) is 18.2 Å². The summed E-state index contributed by atoms with van der Waals surface area (Å²) in [5, 5.41) is 14.3. The van der Waals surface area contributed by atoms with E-state index in [1.165, 1.54) is 17.7 Å². The van der Waals surface area contributed by atoms with Gasteiger partial charge in [-0.3, -0.25) is 0 Å². The Bertz CT molecular complexity index is 508. The molecule has 19 heavy (non-hydrogen) atoms. The highest BCUT2D eigenvalue weighted by atomic mass is 32.2. The van der Waals surface area contributed by atoms with Crippen LogP contribution in [-0.2, 0) is 12.2 Å². The van der Waals surface area contributed by atoms with Gasteiger partial charge in [0, 0.05) is 23.9 Å². The van der Waals surface area contributed by atoms with Gasteiger partial charge in [0.05, 0.1) is 5.75 Å². The summed E-state index contributed by atoms with van der Waals surface area (Å²) < 4.78 is 0. The van der Waals surface area contributed by atoms with Crippen molar-refractivity contribution >= 4 is 23.1 Å². The minimum Gasteiger partial charge on any atom is -0.314 e. The van der Waals surface area contributed by atoms with Gasteiger partial charge in [-0.2, -0.15) is 0 Å². The van der Waals surface area contributed by atoms with Crippen LogP contribution in [0, 0.1) is 0 Å². The van der Waals surface area contributed by atoms with E-state index < -0.39 is 0 Å². The summed E-state index contributed by atoms with van der Waals surface area (Å²) in [5.41, 5.74) is 0. The van der Waals surface area contributed by atoms with Gasteiger partial charge in [0.15, 0.2) is 0 Å². The molecule has 5 heteroatoms. The van der Waals surface area contributed by atoms with Crippen molar-refractivity contribution in [2.45, 2.75) is 36.0 Å². The van der Waals surface area contributed by atoms with E-state index >= 15 is 0 Å². The smallest absolute Gasteiger partial charge is 0.127 e. The number of thioether (sulfide) groups is 1. The first-order valence-electron chi connectivity index (χ1n) is 6.62. The summed E-state index contributed by atoms with van der Waals surface area (Å²) in [6, 6.07) is 11.2. The van der Waals surface area contributed by atoms with Crippen LogP contribution in [0.3, 0.4) is 0 Å². The van der Waals surface area contributed by atoms with Crippen molar-refractivity contribution in [3.63, 3.8) is 0 Å². The van der Waals surface area contributed by atoms with Crippen LogP contribution in [0.2, 0.25) is 0 Å². The molecule has 1 aromatic heterocycles. The number of nitrogens with one attached hydrogen (secondary N) is 1. The van der Waals surface area contributed by atoms with Crippen molar-refractivity contribution in [3.8, 4) is 0 Å². The van der Waals surface area contributed by atoms with Crippen molar-refractivity contribution in [2.24, 2.45) is 0 Å². The predicted molar refractivity (Wildman–Crippen MR) is 80.6 cm³/mol. The first kappa shape index (κ1) is 13.1. The zero-order valence-electron chi connectivity index (χ0n) is 10.7. The fraction of sp³-hybridized carbons (Fsp3) is 0.429. The normalized spacial score (nSPS) is 14.7. The van der Waals surface area contributed by atoms with Crippen LogP contribution >= 0.6 is 23.1 Å². The predicted octanol–water partition coefficient (Wildman–Crippen LogP) is 3.12. The van der Waals surface area contributed by atoms with Crippen LogP contribution in [0.4, 0.5) is 0 Å². The molecule has 0 saturated heterocycles. The monoisotopic (exact) mass is 291 g/mol. The molecular formula is C14H17N3S2. The average Bonchev–Trinajstić information content (AvgIpc) is 3.16. The second kappa shape index (κ2) is 6.50. The Balaban J connectivity index is 1.44. The maximum atomic E-state index is 4.26. The van der Waals surface area contributed by atoms with Gasteiger partial charge in [0.1, 0.15) is 10.0 Å². The number of hydrogen-bond donors (Lipinski definition) is 1. The lowest BCUT2D eigenvalue weighted by Crippen LogP contribution is -2.19. The highest BCUT2D eigenvalue weighted by molar-refractivity contribution is 7.98. The Morgan fingerprint density at radius 1 is 1.16 bits per heavy atom. The molecule has 1 fully saturated rings. The van der Waals surface area contributed by atoms with Gasteiger partial charge < -0.3 is 5.32 Å². The molecule has 0 aliphatic heterocycles. The number of hydrogen-bond acceptors (Lipinski definition) is 5. The Morgan fingerprint density at radius 3 is 2.74 bits per heavy atom. The van der Waals surface area contributed by atoms with Gasteiger partial charge in [-0.25, -0.2) is 0 Å². The molecule has 0 radical (unpaired) electrons. The lowest BCUT2D eigenvalue weighted by Gasteiger charge is -1.98. The van der Waals surface area contributed by atoms with Crippen molar-refractivity contribution < 1.29 is 0 Å². The molecule has 1 aliphatic carbocycles. The fourth-order valence-electron chi connectivity index (χ4n) is 1.78. The first-order chi connectivity index (χ1) is 9.40. The lowest BCUT2D eigenvalue weighted by molar-refractivity contribution is 0.677. The molecule has 1 heterocycles. The summed E-state index contributed by atoms with van der Waals surface area (Å²) in [4.78, 5) is 1.29. The average molecular weight is 291 g/mol. The van der Waals surface area contributed by atoms with Crippen molar-refractivity contribution in [1.82, 2.24) is 15.5 Å². The lowest BCUT2D eigenvalue weighted by atomic mass is 10.4. The van der Waals surface area contributed by atoms with Gasteiger partial charge in [-0.05, 0) is 25.0 Å². The zero-order valence-corrected chi connectivity index (χ0v) is 12.3. The molecule has 0 unspecified atom stereocenters. The molecule has 2 aromatic rings.